The highest BCUT2D eigenvalue weighted by molar-refractivity contribution is 7.99. The minimum atomic E-state index is -0.261. The first-order chi connectivity index (χ1) is 17.5. The summed E-state index contributed by atoms with van der Waals surface area (Å²) in [5.41, 5.74) is 5.31. The molecule has 0 aliphatic rings. The van der Waals surface area contributed by atoms with Crippen LogP contribution in [0, 0.1) is 25.2 Å². The molecule has 5 aromatic rings. The van der Waals surface area contributed by atoms with Crippen LogP contribution in [0.1, 0.15) is 28.3 Å². The fourth-order valence-electron chi connectivity index (χ4n) is 4.14. The molecular weight excluding hydrogens is 470 g/mol. The van der Waals surface area contributed by atoms with Gasteiger partial charge in [0.2, 0.25) is 11.7 Å². The van der Waals surface area contributed by atoms with Crippen LogP contribution in [0.5, 0.6) is 0 Å². The number of rotatable bonds is 7. The number of anilines is 1. The molecule has 0 bridgehead atoms. The van der Waals surface area contributed by atoms with Gasteiger partial charge in [-0.25, -0.2) is 0 Å². The molecule has 0 unspecified atom stereocenters. The summed E-state index contributed by atoms with van der Waals surface area (Å²) in [5.74, 6) is 0.711. The Morgan fingerprint density at radius 3 is 2.61 bits per heavy atom. The summed E-state index contributed by atoms with van der Waals surface area (Å²) in [5, 5.41) is 22.5. The second-order valence-corrected chi connectivity index (χ2v) is 9.38. The van der Waals surface area contributed by atoms with Crippen LogP contribution in [-0.4, -0.2) is 26.4 Å². The van der Waals surface area contributed by atoms with Crippen molar-refractivity contribution in [3.05, 3.63) is 101 Å². The largest absolute Gasteiger partial charge is 0.443 e. The Morgan fingerprint density at radius 1 is 1.06 bits per heavy atom. The lowest BCUT2D eigenvalue weighted by Crippen LogP contribution is -2.15. The highest BCUT2D eigenvalue weighted by atomic mass is 32.2. The van der Waals surface area contributed by atoms with E-state index in [9.17, 15) is 10.1 Å². The molecule has 5 rings (SSSR count). The first-order valence-electron chi connectivity index (χ1n) is 11.4. The molecule has 0 fully saturated rings. The third kappa shape index (κ3) is 4.74. The van der Waals surface area contributed by atoms with Gasteiger partial charge in [0.1, 0.15) is 23.2 Å². The molecule has 8 heteroatoms. The number of hydrogen-bond donors (Lipinski definition) is 1. The third-order valence-electron chi connectivity index (χ3n) is 5.79. The van der Waals surface area contributed by atoms with Crippen molar-refractivity contribution >= 4 is 34.3 Å². The van der Waals surface area contributed by atoms with Crippen molar-refractivity contribution in [3.63, 3.8) is 0 Å². The third-order valence-corrected chi connectivity index (χ3v) is 6.72. The quantitative estimate of drug-likeness (QED) is 0.287. The molecule has 1 N–H and O–H groups in total. The number of hydrogen-bond acceptors (Lipinski definition) is 6. The summed E-state index contributed by atoms with van der Waals surface area (Å²) in [7, 11) is 0. The second-order valence-electron chi connectivity index (χ2n) is 8.44. The van der Waals surface area contributed by atoms with Crippen molar-refractivity contribution in [3.8, 4) is 11.8 Å². The van der Waals surface area contributed by atoms with Crippen LogP contribution in [0.3, 0.4) is 0 Å². The number of carbonyl (C=O) groups excluding carboxylic acids is 1. The van der Waals surface area contributed by atoms with Crippen LogP contribution in [-0.2, 0) is 11.2 Å². The SMILES string of the molecule is Cc1ccc(-n2c(Cc3ccccc3)nnc2SCC(=O)Nc2c(C#N)oc3ccccc23)c(C)c1. The van der Waals surface area contributed by atoms with Gasteiger partial charge in [0.15, 0.2) is 5.16 Å². The maximum Gasteiger partial charge on any atom is 0.234 e. The van der Waals surface area contributed by atoms with Crippen LogP contribution in [0.25, 0.3) is 16.7 Å². The van der Waals surface area contributed by atoms with E-state index in [0.717, 1.165) is 22.6 Å². The molecule has 0 spiro atoms. The van der Waals surface area contributed by atoms with Crippen LogP contribution in [0.2, 0.25) is 0 Å². The van der Waals surface area contributed by atoms with Crippen LogP contribution in [0.15, 0.2) is 82.4 Å². The van der Waals surface area contributed by atoms with Gasteiger partial charge >= 0.3 is 0 Å². The summed E-state index contributed by atoms with van der Waals surface area (Å²) >= 11 is 1.30. The zero-order valence-electron chi connectivity index (χ0n) is 19.9. The van der Waals surface area contributed by atoms with E-state index < -0.39 is 0 Å². The number of nitrogens with one attached hydrogen (secondary N) is 1. The summed E-state index contributed by atoms with van der Waals surface area (Å²) in [6, 6.07) is 25.6. The van der Waals surface area contributed by atoms with Gasteiger partial charge in [-0.3, -0.25) is 9.36 Å². The zero-order chi connectivity index (χ0) is 25.1. The molecule has 2 heterocycles. The number of nitriles is 1. The van der Waals surface area contributed by atoms with Gasteiger partial charge in [0, 0.05) is 11.8 Å². The van der Waals surface area contributed by atoms with E-state index in [1.807, 2.05) is 47.0 Å². The summed E-state index contributed by atoms with van der Waals surface area (Å²) in [4.78, 5) is 12.9. The lowest BCUT2D eigenvalue weighted by atomic mass is 10.1. The number of benzene rings is 3. The number of aryl methyl sites for hydroxylation is 2. The number of carbonyl (C=O) groups is 1. The van der Waals surface area contributed by atoms with Gasteiger partial charge in [-0.15, -0.1) is 10.2 Å². The molecule has 0 aliphatic heterocycles. The lowest BCUT2D eigenvalue weighted by Gasteiger charge is -2.13. The van der Waals surface area contributed by atoms with Gasteiger partial charge in [0.05, 0.1) is 11.4 Å². The number of para-hydroxylation sites is 1. The average molecular weight is 494 g/mol. The van der Waals surface area contributed by atoms with E-state index >= 15 is 0 Å². The van der Waals surface area contributed by atoms with Gasteiger partial charge in [-0.2, -0.15) is 5.26 Å². The second kappa shape index (κ2) is 10.1. The minimum absolute atomic E-state index is 0.0816. The Morgan fingerprint density at radius 2 is 1.83 bits per heavy atom. The number of fused-ring (bicyclic) bond motifs is 1. The van der Waals surface area contributed by atoms with Gasteiger partial charge < -0.3 is 9.73 Å². The smallest absolute Gasteiger partial charge is 0.234 e. The maximum absolute atomic E-state index is 12.9. The summed E-state index contributed by atoms with van der Waals surface area (Å²) in [6.45, 7) is 4.12. The first-order valence-corrected chi connectivity index (χ1v) is 12.4. The van der Waals surface area contributed by atoms with Crippen LogP contribution < -0.4 is 5.32 Å². The number of thioether (sulfide) groups is 1. The number of aromatic nitrogens is 3. The molecule has 0 saturated carbocycles. The zero-order valence-corrected chi connectivity index (χ0v) is 20.7. The molecule has 0 saturated heterocycles. The van der Waals surface area contributed by atoms with E-state index in [4.69, 9.17) is 4.42 Å². The normalized spacial score (nSPS) is 10.9. The number of amides is 1. The Labute approximate surface area is 212 Å². The van der Waals surface area contributed by atoms with Crippen molar-refractivity contribution in [2.45, 2.75) is 25.4 Å². The highest BCUT2D eigenvalue weighted by Gasteiger charge is 2.20. The number of furan rings is 1. The van der Waals surface area contributed by atoms with Crippen LogP contribution in [0.4, 0.5) is 5.69 Å². The van der Waals surface area contributed by atoms with E-state index in [-0.39, 0.29) is 17.4 Å². The molecule has 2 aromatic heterocycles. The molecule has 1 amide bonds. The van der Waals surface area contributed by atoms with Gasteiger partial charge in [0.25, 0.3) is 0 Å². The highest BCUT2D eigenvalue weighted by Crippen LogP contribution is 2.31. The molecular formula is C28H23N5O2S. The topological polar surface area (TPSA) is 96.7 Å². The summed E-state index contributed by atoms with van der Waals surface area (Å²) < 4.78 is 7.58. The number of nitrogens with zero attached hydrogens (tertiary/aromatic N) is 4. The molecule has 36 heavy (non-hydrogen) atoms. The Balaban J connectivity index is 1.42. The lowest BCUT2D eigenvalue weighted by molar-refractivity contribution is -0.113. The van der Waals surface area contributed by atoms with E-state index in [1.54, 1.807) is 6.07 Å². The molecule has 0 atom stereocenters. The monoisotopic (exact) mass is 493 g/mol. The van der Waals surface area contributed by atoms with Gasteiger partial charge in [-0.1, -0.05) is 71.9 Å². The summed E-state index contributed by atoms with van der Waals surface area (Å²) in [6.07, 6.45) is 0.612. The van der Waals surface area contributed by atoms with Crippen LogP contribution >= 0.6 is 11.8 Å². The Hall–Kier alpha value is -4.35. The Bertz CT molecular complexity index is 1600. The molecule has 3 aromatic carbocycles. The predicted molar refractivity (Wildman–Crippen MR) is 140 cm³/mol. The fraction of sp³-hybridized carbons (Fsp3) is 0.143. The Kier molecular flexibility index (Phi) is 6.56. The van der Waals surface area contributed by atoms with E-state index in [0.29, 0.717) is 28.2 Å². The molecule has 7 nitrogen and oxygen atoms in total. The van der Waals surface area contributed by atoms with E-state index in [1.165, 1.54) is 17.3 Å². The first kappa shape index (κ1) is 23.4. The van der Waals surface area contributed by atoms with Crippen molar-refractivity contribution in [2.24, 2.45) is 0 Å². The molecule has 178 valence electrons. The molecule has 0 aliphatic carbocycles. The van der Waals surface area contributed by atoms with E-state index in [2.05, 4.69) is 59.7 Å². The minimum Gasteiger partial charge on any atom is -0.443 e. The fourth-order valence-corrected chi connectivity index (χ4v) is 4.90. The van der Waals surface area contributed by atoms with Crippen molar-refractivity contribution in [1.82, 2.24) is 14.8 Å². The predicted octanol–water partition coefficient (Wildman–Crippen LogP) is 5.82. The van der Waals surface area contributed by atoms with Gasteiger partial charge in [-0.05, 0) is 43.2 Å². The average Bonchev–Trinajstić information content (AvgIpc) is 3.44. The van der Waals surface area contributed by atoms with Crippen molar-refractivity contribution in [2.75, 3.05) is 11.1 Å². The maximum atomic E-state index is 12.9. The van der Waals surface area contributed by atoms with Crippen molar-refractivity contribution in [1.29, 1.82) is 5.26 Å². The molecule has 0 radical (unpaired) electrons. The standard InChI is InChI=1S/C28H23N5O2S/c1-18-12-13-22(19(2)14-18)33-25(15-20-8-4-3-5-9-20)31-32-28(33)36-17-26(34)30-27-21-10-6-7-11-23(21)35-24(27)16-29/h3-14H,15,17H2,1-2H3,(H,30,34). The van der Waals surface area contributed by atoms with Crippen molar-refractivity contribution < 1.29 is 9.21 Å².